The molecule has 17 heavy (non-hydrogen) atoms. The van der Waals surface area contributed by atoms with Gasteiger partial charge in [-0.1, -0.05) is 0 Å². The zero-order chi connectivity index (χ0) is 12.3. The fourth-order valence-electron chi connectivity index (χ4n) is 1.95. The van der Waals surface area contributed by atoms with Crippen molar-refractivity contribution in [2.45, 2.75) is 32.4 Å². The Kier molecular flexibility index (Phi) is 3.58. The van der Waals surface area contributed by atoms with Crippen LogP contribution in [0.1, 0.15) is 30.8 Å². The topological polar surface area (TPSA) is 55.9 Å². The Hall–Kier alpha value is -1.62. The Morgan fingerprint density at radius 2 is 2.29 bits per heavy atom. The van der Waals surface area contributed by atoms with Gasteiger partial charge in [0.05, 0.1) is 24.3 Å². The third-order valence-electron chi connectivity index (χ3n) is 3.02. The molecular weight excluding hydrogens is 216 g/mol. The highest BCUT2D eigenvalue weighted by Crippen LogP contribution is 2.18. The molecule has 0 saturated heterocycles. The van der Waals surface area contributed by atoms with E-state index in [4.69, 9.17) is 0 Å². The Morgan fingerprint density at radius 1 is 1.47 bits per heavy atom. The minimum Gasteiger partial charge on any atom is -0.387 e. The van der Waals surface area contributed by atoms with E-state index in [1.54, 1.807) is 18.7 Å². The van der Waals surface area contributed by atoms with Crippen molar-refractivity contribution in [2.24, 2.45) is 7.05 Å². The lowest BCUT2D eigenvalue weighted by Crippen LogP contribution is -2.08. The second kappa shape index (κ2) is 5.14. The summed E-state index contributed by atoms with van der Waals surface area (Å²) in [5.41, 5.74) is 2.02. The quantitative estimate of drug-likeness (QED) is 0.848. The fraction of sp³-hybridized carbons (Fsp3) is 0.500. The van der Waals surface area contributed by atoms with Crippen LogP contribution in [0.15, 0.2) is 24.8 Å². The summed E-state index contributed by atoms with van der Waals surface area (Å²) in [5.74, 6) is 0. The largest absolute Gasteiger partial charge is 0.387 e. The maximum absolute atomic E-state index is 10.1. The van der Waals surface area contributed by atoms with Gasteiger partial charge in [-0.05, 0) is 25.8 Å². The van der Waals surface area contributed by atoms with E-state index in [1.807, 2.05) is 29.3 Å². The van der Waals surface area contributed by atoms with E-state index in [9.17, 15) is 5.11 Å². The van der Waals surface area contributed by atoms with Crippen LogP contribution in [0.4, 0.5) is 0 Å². The maximum Gasteiger partial charge on any atom is 0.0959 e. The highest BCUT2D eigenvalue weighted by Gasteiger charge is 2.13. The summed E-state index contributed by atoms with van der Waals surface area (Å²) in [6, 6.07) is 1.98. The highest BCUT2D eigenvalue weighted by molar-refractivity contribution is 5.05. The molecule has 0 aliphatic rings. The van der Waals surface area contributed by atoms with Crippen molar-refractivity contribution in [1.29, 1.82) is 0 Å². The molecule has 0 bridgehead atoms. The molecule has 2 aromatic heterocycles. The van der Waals surface area contributed by atoms with Gasteiger partial charge in [0.2, 0.25) is 0 Å². The van der Waals surface area contributed by atoms with Gasteiger partial charge in [-0.15, -0.1) is 0 Å². The van der Waals surface area contributed by atoms with Crippen LogP contribution in [-0.2, 0) is 20.0 Å². The van der Waals surface area contributed by atoms with Gasteiger partial charge < -0.3 is 9.67 Å². The van der Waals surface area contributed by atoms with E-state index in [0.29, 0.717) is 6.42 Å². The molecule has 1 unspecified atom stereocenters. The minimum atomic E-state index is -0.465. The average molecular weight is 234 g/mol. The molecule has 0 saturated carbocycles. The van der Waals surface area contributed by atoms with Crippen LogP contribution in [0.3, 0.4) is 0 Å². The molecule has 0 aromatic carbocycles. The number of nitrogens with zero attached hydrogens (tertiary/aromatic N) is 4. The number of rotatable bonds is 5. The molecule has 0 fully saturated rings. The van der Waals surface area contributed by atoms with E-state index in [-0.39, 0.29) is 0 Å². The Bertz CT molecular complexity index is 474. The van der Waals surface area contributed by atoms with Crippen molar-refractivity contribution in [3.05, 3.63) is 36.2 Å². The summed E-state index contributed by atoms with van der Waals surface area (Å²) in [4.78, 5) is 4.06. The summed E-state index contributed by atoms with van der Waals surface area (Å²) in [6.07, 6.45) is 6.29. The molecule has 1 N–H and O–H groups in total. The second-order valence-corrected chi connectivity index (χ2v) is 4.11. The van der Waals surface area contributed by atoms with Gasteiger partial charge in [0, 0.05) is 25.5 Å². The fourth-order valence-corrected chi connectivity index (χ4v) is 1.95. The van der Waals surface area contributed by atoms with Crippen LogP contribution in [0.5, 0.6) is 0 Å². The second-order valence-electron chi connectivity index (χ2n) is 4.11. The van der Waals surface area contributed by atoms with Crippen molar-refractivity contribution in [3.63, 3.8) is 0 Å². The van der Waals surface area contributed by atoms with Crippen molar-refractivity contribution >= 4 is 0 Å². The number of imidazole rings is 1. The molecule has 2 heterocycles. The third-order valence-corrected chi connectivity index (χ3v) is 3.02. The SMILES string of the molecule is CCn1cncc1C(O)CCc1ccnn1C. The van der Waals surface area contributed by atoms with Gasteiger partial charge in [-0.2, -0.15) is 5.10 Å². The molecule has 0 aliphatic carbocycles. The van der Waals surface area contributed by atoms with Crippen LogP contribution in [0.25, 0.3) is 0 Å². The molecule has 5 nitrogen and oxygen atoms in total. The Labute approximate surface area is 101 Å². The van der Waals surface area contributed by atoms with Crippen LogP contribution in [0, 0.1) is 0 Å². The number of hydrogen-bond donors (Lipinski definition) is 1. The molecule has 0 amide bonds. The molecule has 1 atom stereocenters. The lowest BCUT2D eigenvalue weighted by molar-refractivity contribution is 0.158. The first-order valence-corrected chi connectivity index (χ1v) is 5.87. The first-order valence-electron chi connectivity index (χ1n) is 5.87. The number of hydrogen-bond acceptors (Lipinski definition) is 3. The normalized spacial score (nSPS) is 12.9. The number of aromatic nitrogens is 4. The molecule has 5 heteroatoms. The van der Waals surface area contributed by atoms with Gasteiger partial charge in [0.1, 0.15) is 0 Å². The molecule has 0 radical (unpaired) electrons. The average Bonchev–Trinajstić information content (AvgIpc) is 2.94. The van der Waals surface area contributed by atoms with Crippen molar-refractivity contribution < 1.29 is 5.11 Å². The first-order chi connectivity index (χ1) is 8.22. The zero-order valence-electron chi connectivity index (χ0n) is 10.2. The van der Waals surface area contributed by atoms with Crippen molar-refractivity contribution in [1.82, 2.24) is 19.3 Å². The van der Waals surface area contributed by atoms with Crippen molar-refractivity contribution in [2.75, 3.05) is 0 Å². The lowest BCUT2D eigenvalue weighted by atomic mass is 10.1. The van der Waals surface area contributed by atoms with E-state index >= 15 is 0 Å². The summed E-state index contributed by atoms with van der Waals surface area (Å²) in [6.45, 7) is 2.87. The summed E-state index contributed by atoms with van der Waals surface area (Å²) < 4.78 is 3.80. The van der Waals surface area contributed by atoms with E-state index in [1.165, 1.54) is 0 Å². The zero-order valence-corrected chi connectivity index (χ0v) is 10.2. The van der Waals surface area contributed by atoms with Gasteiger partial charge in [0.15, 0.2) is 0 Å². The van der Waals surface area contributed by atoms with Crippen LogP contribution in [0.2, 0.25) is 0 Å². The van der Waals surface area contributed by atoms with E-state index < -0.39 is 6.10 Å². The summed E-state index contributed by atoms with van der Waals surface area (Å²) in [7, 11) is 1.91. The minimum absolute atomic E-state index is 0.465. The molecule has 0 aliphatic heterocycles. The molecule has 2 rings (SSSR count). The molecule has 92 valence electrons. The maximum atomic E-state index is 10.1. The molecular formula is C12H18N4O. The van der Waals surface area contributed by atoms with Crippen LogP contribution < -0.4 is 0 Å². The van der Waals surface area contributed by atoms with Crippen LogP contribution in [-0.4, -0.2) is 24.4 Å². The Balaban J connectivity index is 1.98. The summed E-state index contributed by atoms with van der Waals surface area (Å²) in [5, 5.41) is 14.2. The highest BCUT2D eigenvalue weighted by atomic mass is 16.3. The van der Waals surface area contributed by atoms with E-state index in [0.717, 1.165) is 24.4 Å². The number of aliphatic hydroxyl groups excluding tert-OH is 1. The van der Waals surface area contributed by atoms with Gasteiger partial charge in [0.25, 0.3) is 0 Å². The number of aliphatic hydroxyl groups is 1. The molecule has 0 spiro atoms. The predicted octanol–water partition coefficient (Wildman–Crippen LogP) is 1.30. The smallest absolute Gasteiger partial charge is 0.0959 e. The number of aryl methyl sites for hydroxylation is 3. The van der Waals surface area contributed by atoms with E-state index in [2.05, 4.69) is 10.1 Å². The standard InChI is InChI=1S/C12H18N4O/c1-3-16-9-13-8-11(16)12(17)5-4-10-6-7-14-15(10)2/h6-9,12,17H,3-5H2,1-2H3. The van der Waals surface area contributed by atoms with Crippen molar-refractivity contribution in [3.8, 4) is 0 Å². The first kappa shape index (κ1) is 11.9. The summed E-state index contributed by atoms with van der Waals surface area (Å²) >= 11 is 0. The lowest BCUT2D eigenvalue weighted by Gasteiger charge is -2.12. The predicted molar refractivity (Wildman–Crippen MR) is 64.4 cm³/mol. The Morgan fingerprint density at radius 3 is 2.94 bits per heavy atom. The van der Waals surface area contributed by atoms with Gasteiger partial charge >= 0.3 is 0 Å². The monoisotopic (exact) mass is 234 g/mol. The van der Waals surface area contributed by atoms with Gasteiger partial charge in [-0.3, -0.25) is 4.68 Å². The van der Waals surface area contributed by atoms with Crippen LogP contribution >= 0.6 is 0 Å². The molecule has 2 aromatic rings. The third kappa shape index (κ3) is 2.55. The van der Waals surface area contributed by atoms with Gasteiger partial charge in [-0.25, -0.2) is 4.98 Å².